The van der Waals surface area contributed by atoms with Gasteiger partial charge < -0.3 is 14.3 Å². The zero-order valence-corrected chi connectivity index (χ0v) is 30.9. The first-order valence-electron chi connectivity index (χ1n) is 19.3. The summed E-state index contributed by atoms with van der Waals surface area (Å²) in [6, 6.07) is 67.8. The van der Waals surface area contributed by atoms with Crippen LogP contribution in [0, 0.1) is 6.92 Å². The van der Waals surface area contributed by atoms with Crippen LogP contribution in [0.3, 0.4) is 0 Å². The summed E-state index contributed by atoms with van der Waals surface area (Å²) in [5.41, 5.74) is 17.3. The molecule has 0 bridgehead atoms. The number of benzene rings is 8. The molecule has 56 heavy (non-hydrogen) atoms. The summed E-state index contributed by atoms with van der Waals surface area (Å²) in [5, 5.41) is 7.40. The Labute approximate surface area is 326 Å². The summed E-state index contributed by atoms with van der Waals surface area (Å²) >= 11 is 0. The van der Waals surface area contributed by atoms with Gasteiger partial charge in [-0.1, -0.05) is 151 Å². The number of furan rings is 1. The third kappa shape index (κ3) is 5.29. The van der Waals surface area contributed by atoms with Gasteiger partial charge in [-0.2, -0.15) is 0 Å². The van der Waals surface area contributed by atoms with E-state index in [0.717, 1.165) is 50.4 Å². The van der Waals surface area contributed by atoms with Crippen LogP contribution in [-0.4, -0.2) is 11.8 Å². The van der Waals surface area contributed by atoms with Crippen molar-refractivity contribution in [2.24, 2.45) is 0 Å². The van der Waals surface area contributed by atoms with Gasteiger partial charge in [0.05, 0.1) is 5.52 Å². The van der Waals surface area contributed by atoms with Crippen LogP contribution in [0.2, 0.25) is 0 Å². The van der Waals surface area contributed by atoms with E-state index in [9.17, 15) is 0 Å². The van der Waals surface area contributed by atoms with Gasteiger partial charge in [0.15, 0.2) is 7.28 Å². The fourth-order valence-corrected chi connectivity index (χ4v) is 8.83. The van der Waals surface area contributed by atoms with Crippen molar-refractivity contribution in [1.82, 2.24) is 4.57 Å². The topological polar surface area (TPSA) is 30.1 Å². The highest BCUT2D eigenvalue weighted by Crippen LogP contribution is 2.45. The second-order valence-corrected chi connectivity index (χ2v) is 14.9. The molecule has 3 heterocycles. The molecule has 1 aliphatic rings. The van der Waals surface area contributed by atoms with Crippen molar-refractivity contribution >= 4 is 62.4 Å². The summed E-state index contributed by atoms with van der Waals surface area (Å²) in [7, 11) is 2.39. The minimum absolute atomic E-state index is 0.00661. The Morgan fingerprint density at radius 3 is 2.02 bits per heavy atom. The van der Waals surface area contributed by atoms with Gasteiger partial charge in [0.2, 0.25) is 0 Å². The molecule has 263 valence electrons. The molecule has 2 aromatic heterocycles. The zero-order valence-electron chi connectivity index (χ0n) is 30.9. The molecule has 8 aromatic carbocycles. The van der Waals surface area contributed by atoms with E-state index in [2.05, 4.69) is 206 Å². The van der Waals surface area contributed by atoms with E-state index >= 15 is 0 Å². The lowest BCUT2D eigenvalue weighted by Crippen LogP contribution is -2.37. The van der Waals surface area contributed by atoms with E-state index in [1.165, 1.54) is 55.1 Å². The number of nitrogens with zero attached hydrogens (tertiary/aromatic N) is 1. The van der Waals surface area contributed by atoms with E-state index in [1.54, 1.807) is 0 Å². The molecule has 0 atom stereocenters. The first-order valence-corrected chi connectivity index (χ1v) is 19.3. The molecule has 0 fully saturated rings. The van der Waals surface area contributed by atoms with Gasteiger partial charge in [0.25, 0.3) is 0 Å². The molecule has 4 heteroatoms. The van der Waals surface area contributed by atoms with Crippen LogP contribution >= 0.6 is 0 Å². The minimum atomic E-state index is -0.00661. The van der Waals surface area contributed by atoms with Gasteiger partial charge in [-0.3, -0.25) is 0 Å². The van der Waals surface area contributed by atoms with E-state index in [1.807, 2.05) is 6.07 Å². The molecule has 0 spiro atoms. The lowest BCUT2D eigenvalue weighted by Gasteiger charge is -2.27. The molecule has 1 N–H and O–H groups in total. The fourth-order valence-electron chi connectivity index (χ4n) is 8.83. The molecule has 1 aliphatic heterocycles. The number of rotatable bonds is 7. The van der Waals surface area contributed by atoms with Crippen LogP contribution in [0.25, 0.3) is 60.9 Å². The van der Waals surface area contributed by atoms with E-state index < -0.39 is 0 Å². The van der Waals surface area contributed by atoms with Crippen LogP contribution in [0.5, 0.6) is 0 Å². The molecule has 0 amide bonds. The monoisotopic (exact) mass is 715 g/mol. The maximum absolute atomic E-state index is 6.57. The maximum Gasteiger partial charge on any atom is 0.198 e. The van der Waals surface area contributed by atoms with Gasteiger partial charge in [-0.25, -0.2) is 0 Å². The molecule has 0 aliphatic carbocycles. The Morgan fingerprint density at radius 2 is 1.27 bits per heavy atom. The van der Waals surface area contributed by atoms with E-state index in [4.69, 9.17) is 4.42 Å². The van der Waals surface area contributed by atoms with E-state index in [0.29, 0.717) is 0 Å². The first kappa shape index (κ1) is 32.4. The number of anilines is 2. The van der Waals surface area contributed by atoms with Crippen LogP contribution in [0.4, 0.5) is 11.4 Å². The normalized spacial score (nSPS) is 12.0. The third-order valence-electron chi connectivity index (χ3n) is 11.4. The molecule has 11 rings (SSSR count). The summed E-state index contributed by atoms with van der Waals surface area (Å²) in [5.74, 6) is 0.864. The van der Waals surface area contributed by atoms with Crippen LogP contribution in [0.15, 0.2) is 192 Å². The smallest absolute Gasteiger partial charge is 0.198 e. The first-order chi connectivity index (χ1) is 27.7. The average molecular weight is 716 g/mol. The predicted molar refractivity (Wildman–Crippen MR) is 235 cm³/mol. The summed E-state index contributed by atoms with van der Waals surface area (Å²) in [6.07, 6.45) is 0. The zero-order chi connectivity index (χ0) is 37.2. The summed E-state index contributed by atoms with van der Waals surface area (Å²) in [6.45, 7) is 2.13. The van der Waals surface area contributed by atoms with E-state index in [-0.39, 0.29) is 5.92 Å². The Bertz CT molecular complexity index is 3030. The van der Waals surface area contributed by atoms with Gasteiger partial charge in [-0.05, 0) is 83.2 Å². The van der Waals surface area contributed by atoms with Crippen LogP contribution in [-0.2, 0) is 0 Å². The number of aromatic nitrogens is 1. The molecule has 0 saturated carbocycles. The Kier molecular flexibility index (Phi) is 7.56. The van der Waals surface area contributed by atoms with Gasteiger partial charge >= 0.3 is 0 Å². The molecule has 10 aromatic rings. The molecule has 0 saturated heterocycles. The van der Waals surface area contributed by atoms with Crippen LogP contribution < -0.4 is 16.2 Å². The summed E-state index contributed by atoms with van der Waals surface area (Å²) < 4.78 is 9.08. The van der Waals surface area contributed by atoms with Crippen molar-refractivity contribution in [3.05, 3.63) is 210 Å². The number of fused-ring (bicyclic) bond motifs is 6. The van der Waals surface area contributed by atoms with Crippen LogP contribution in [0.1, 0.15) is 28.2 Å². The number of hydrogen-bond donors (Lipinski definition) is 1. The van der Waals surface area contributed by atoms with Crippen molar-refractivity contribution in [2.75, 3.05) is 5.32 Å². The Morgan fingerprint density at radius 1 is 0.607 bits per heavy atom. The highest BCUT2D eigenvalue weighted by Gasteiger charge is 2.31. The van der Waals surface area contributed by atoms with Crippen molar-refractivity contribution in [3.8, 4) is 28.1 Å². The Balaban J connectivity index is 1.24. The number of nitrogens with one attached hydrogen (secondary N) is 1. The maximum atomic E-state index is 6.57. The molecule has 0 unspecified atom stereocenters. The van der Waals surface area contributed by atoms with Gasteiger partial charge in [-0.15, -0.1) is 0 Å². The largest absolute Gasteiger partial charge is 0.456 e. The third-order valence-corrected chi connectivity index (χ3v) is 11.4. The standard InChI is InChI=1S/C52H36BN2O/c1-33-25-27-38(28-26-33)54-44-23-13-11-21-39(44)41-31-42(49(35-17-7-3-8-18-35)36-19-9-4-10-20-36)50-40-22-12-14-24-45(40)55-46-29-37-30-47(34-15-5-2-6-16-34)56-48(37)32-43(46)53-51(41)52(50)55/h2-32,49,54H,1H3. The average Bonchev–Trinajstić information content (AvgIpc) is 3.83. The number of hydrogen-bond acceptors (Lipinski definition) is 2. The van der Waals surface area contributed by atoms with Crippen molar-refractivity contribution in [2.45, 2.75) is 12.8 Å². The Hall–Kier alpha value is -7.04. The molecule has 1 radical (unpaired) electrons. The second kappa shape index (κ2) is 13.1. The summed E-state index contributed by atoms with van der Waals surface area (Å²) in [4.78, 5) is 0. The predicted octanol–water partition coefficient (Wildman–Crippen LogP) is 12.1. The quantitative estimate of drug-likeness (QED) is 0.132. The minimum Gasteiger partial charge on any atom is -0.456 e. The van der Waals surface area contributed by atoms with Gasteiger partial charge in [0, 0.05) is 55.8 Å². The molecule has 3 nitrogen and oxygen atoms in total. The fraction of sp³-hybridized carbons (Fsp3) is 0.0385. The lowest BCUT2D eigenvalue weighted by atomic mass is 9.58. The lowest BCUT2D eigenvalue weighted by molar-refractivity contribution is 0.632. The number of aryl methyl sites for hydroxylation is 1. The highest BCUT2D eigenvalue weighted by molar-refractivity contribution is 6.73. The van der Waals surface area contributed by atoms with Crippen molar-refractivity contribution in [1.29, 1.82) is 0 Å². The SMILES string of the molecule is Cc1ccc(Nc2ccccc2-c2cc(C(c3ccccc3)c3ccccc3)c3c4ccccc4n4c3c2[B]c2cc3oc(-c5ccccc5)cc3cc2-4)cc1. The van der Waals surface area contributed by atoms with Crippen molar-refractivity contribution in [3.63, 3.8) is 0 Å². The molecular formula is C52H36BN2O. The highest BCUT2D eigenvalue weighted by atomic mass is 16.3. The molecular weight excluding hydrogens is 679 g/mol. The second-order valence-electron chi connectivity index (χ2n) is 14.9. The number of para-hydroxylation sites is 2. The van der Waals surface area contributed by atoms with Gasteiger partial charge in [0.1, 0.15) is 11.3 Å². The van der Waals surface area contributed by atoms with Crippen molar-refractivity contribution < 1.29 is 4.42 Å².